The predicted octanol–water partition coefficient (Wildman–Crippen LogP) is 6.17. The Kier molecular flexibility index (Phi) is 5.07. The SMILES string of the molecule is O=C(C[C@@H]1CC[C@@H]1c1ccc(Cl)cc1C(F)(F)F)c1cccnc1Cl. The maximum atomic E-state index is 13.3. The van der Waals surface area contributed by atoms with Gasteiger partial charge in [0.05, 0.1) is 11.1 Å². The van der Waals surface area contributed by atoms with Gasteiger partial charge in [0.25, 0.3) is 0 Å². The molecule has 1 fully saturated rings. The van der Waals surface area contributed by atoms with Crippen molar-refractivity contribution in [3.8, 4) is 0 Å². The summed E-state index contributed by atoms with van der Waals surface area (Å²) in [5, 5.41) is 0.163. The largest absolute Gasteiger partial charge is 0.416 e. The number of aromatic nitrogens is 1. The van der Waals surface area contributed by atoms with E-state index >= 15 is 0 Å². The van der Waals surface area contributed by atoms with Crippen molar-refractivity contribution in [2.24, 2.45) is 5.92 Å². The number of Topliss-reactive ketones (excluding diaryl/α,β-unsaturated/α-hetero) is 1. The summed E-state index contributed by atoms with van der Waals surface area (Å²) in [4.78, 5) is 16.3. The van der Waals surface area contributed by atoms with Crippen LogP contribution in [0.25, 0.3) is 0 Å². The third-order valence-corrected chi connectivity index (χ3v) is 5.18. The van der Waals surface area contributed by atoms with Crippen LogP contribution in [-0.4, -0.2) is 10.8 Å². The van der Waals surface area contributed by atoms with Crippen LogP contribution in [0, 0.1) is 5.92 Å². The molecular formula is C18H14Cl2F3NO. The first-order valence-corrected chi connectivity index (χ1v) is 8.53. The molecule has 2 aromatic rings. The van der Waals surface area contributed by atoms with Gasteiger partial charge in [-0.15, -0.1) is 0 Å². The second-order valence-electron chi connectivity index (χ2n) is 6.14. The highest BCUT2D eigenvalue weighted by atomic mass is 35.5. The molecule has 1 aromatic heterocycles. The third-order valence-electron chi connectivity index (χ3n) is 4.64. The van der Waals surface area contributed by atoms with Crippen LogP contribution < -0.4 is 0 Å². The van der Waals surface area contributed by atoms with Crippen LogP contribution in [0.2, 0.25) is 10.2 Å². The van der Waals surface area contributed by atoms with E-state index in [9.17, 15) is 18.0 Å². The second kappa shape index (κ2) is 6.96. The van der Waals surface area contributed by atoms with Crippen LogP contribution in [0.5, 0.6) is 0 Å². The number of hydrogen-bond donors (Lipinski definition) is 0. The topological polar surface area (TPSA) is 30.0 Å². The first-order valence-electron chi connectivity index (χ1n) is 7.77. The first-order chi connectivity index (χ1) is 11.8. The van der Waals surface area contributed by atoms with Crippen LogP contribution in [0.15, 0.2) is 36.5 Å². The van der Waals surface area contributed by atoms with Crippen molar-refractivity contribution in [3.63, 3.8) is 0 Å². The summed E-state index contributed by atoms with van der Waals surface area (Å²) in [6.07, 6.45) is -1.53. The number of carbonyl (C=O) groups is 1. The van der Waals surface area contributed by atoms with Crippen LogP contribution in [0.3, 0.4) is 0 Å². The minimum atomic E-state index is -4.48. The van der Waals surface area contributed by atoms with Crippen molar-refractivity contribution in [2.75, 3.05) is 0 Å². The lowest BCUT2D eigenvalue weighted by molar-refractivity contribution is -0.138. The number of pyridine rings is 1. The average Bonchev–Trinajstić information content (AvgIpc) is 2.52. The standard InChI is InChI=1S/C18H14Cl2F3NO/c19-11-4-6-13(15(9-11)18(21,22)23)12-5-3-10(12)8-16(25)14-2-1-7-24-17(14)20/h1-2,4,6-7,9-10,12H,3,5,8H2/t10-,12-/m0/s1. The van der Waals surface area contributed by atoms with Crippen LogP contribution in [-0.2, 0) is 6.18 Å². The Balaban J connectivity index is 1.82. The summed E-state index contributed by atoms with van der Waals surface area (Å²) in [5.74, 6) is -0.658. The molecule has 0 radical (unpaired) electrons. The van der Waals surface area contributed by atoms with Gasteiger partial charge in [0, 0.05) is 17.6 Å². The van der Waals surface area contributed by atoms with E-state index in [0.29, 0.717) is 18.4 Å². The van der Waals surface area contributed by atoms with Gasteiger partial charge in [-0.2, -0.15) is 13.2 Å². The van der Waals surface area contributed by atoms with Crippen LogP contribution >= 0.6 is 23.2 Å². The van der Waals surface area contributed by atoms with E-state index in [1.54, 1.807) is 12.1 Å². The molecule has 2 atom stereocenters. The molecule has 1 aliphatic carbocycles. The summed E-state index contributed by atoms with van der Waals surface area (Å²) < 4.78 is 39.9. The normalized spacial score (nSPS) is 20.2. The van der Waals surface area contributed by atoms with E-state index < -0.39 is 11.7 Å². The molecule has 1 aliphatic rings. The van der Waals surface area contributed by atoms with Crippen molar-refractivity contribution < 1.29 is 18.0 Å². The highest BCUT2D eigenvalue weighted by Crippen LogP contribution is 2.49. The highest BCUT2D eigenvalue weighted by molar-refractivity contribution is 6.32. The number of ketones is 1. The predicted molar refractivity (Wildman–Crippen MR) is 90.1 cm³/mol. The zero-order chi connectivity index (χ0) is 18.2. The maximum Gasteiger partial charge on any atom is 0.416 e. The Bertz CT molecular complexity index is 807. The number of rotatable bonds is 4. The Morgan fingerprint density at radius 3 is 2.56 bits per heavy atom. The summed E-state index contributed by atoms with van der Waals surface area (Å²) in [6.45, 7) is 0. The molecule has 0 unspecified atom stereocenters. The van der Waals surface area contributed by atoms with Crippen molar-refractivity contribution in [2.45, 2.75) is 31.4 Å². The van der Waals surface area contributed by atoms with E-state index in [0.717, 1.165) is 6.07 Å². The number of benzene rings is 1. The molecule has 2 nitrogen and oxygen atoms in total. The fraction of sp³-hybridized carbons (Fsp3) is 0.333. The molecule has 0 bridgehead atoms. The van der Waals surface area contributed by atoms with Gasteiger partial charge in [0.2, 0.25) is 0 Å². The second-order valence-corrected chi connectivity index (χ2v) is 6.94. The minimum absolute atomic E-state index is 0.0465. The number of halogens is 5. The first kappa shape index (κ1) is 18.2. The fourth-order valence-corrected chi connectivity index (χ4v) is 3.66. The molecule has 1 aromatic carbocycles. The van der Waals surface area contributed by atoms with Gasteiger partial charge in [-0.25, -0.2) is 4.98 Å². The summed E-state index contributed by atoms with van der Waals surface area (Å²) in [6, 6.07) is 7.02. The number of nitrogens with zero attached hydrogens (tertiary/aromatic N) is 1. The smallest absolute Gasteiger partial charge is 0.294 e. The lowest BCUT2D eigenvalue weighted by Gasteiger charge is -2.38. The minimum Gasteiger partial charge on any atom is -0.294 e. The van der Waals surface area contributed by atoms with Gasteiger partial charge in [-0.3, -0.25) is 4.79 Å². The lowest BCUT2D eigenvalue weighted by Crippen LogP contribution is -2.28. The molecule has 1 heterocycles. The van der Waals surface area contributed by atoms with Gasteiger partial charge in [0.15, 0.2) is 5.78 Å². The van der Waals surface area contributed by atoms with Gasteiger partial charge < -0.3 is 0 Å². The Morgan fingerprint density at radius 2 is 1.96 bits per heavy atom. The molecule has 7 heteroatoms. The zero-order valence-corrected chi connectivity index (χ0v) is 14.5. The van der Waals surface area contributed by atoms with Gasteiger partial charge >= 0.3 is 6.18 Å². The van der Waals surface area contributed by atoms with Crippen LogP contribution in [0.1, 0.15) is 46.7 Å². The van der Waals surface area contributed by atoms with E-state index in [4.69, 9.17) is 23.2 Å². The molecule has 0 spiro atoms. The maximum absolute atomic E-state index is 13.3. The number of alkyl halides is 3. The molecule has 3 rings (SSSR count). The van der Waals surface area contributed by atoms with E-state index in [1.165, 1.54) is 18.3 Å². The molecule has 0 saturated heterocycles. The van der Waals surface area contributed by atoms with E-state index in [-0.39, 0.29) is 39.8 Å². The van der Waals surface area contributed by atoms with Crippen LogP contribution in [0.4, 0.5) is 13.2 Å². The van der Waals surface area contributed by atoms with E-state index in [2.05, 4.69) is 4.98 Å². The molecular weight excluding hydrogens is 374 g/mol. The molecule has 0 aliphatic heterocycles. The Labute approximate surface area is 153 Å². The molecule has 0 N–H and O–H groups in total. The van der Waals surface area contributed by atoms with Crippen molar-refractivity contribution in [1.29, 1.82) is 0 Å². The lowest BCUT2D eigenvalue weighted by atomic mass is 9.66. The summed E-state index contributed by atoms with van der Waals surface area (Å²) >= 11 is 11.7. The summed E-state index contributed by atoms with van der Waals surface area (Å²) in [7, 11) is 0. The number of hydrogen-bond acceptors (Lipinski definition) is 2. The Hall–Kier alpha value is -1.59. The average molecular weight is 388 g/mol. The highest BCUT2D eigenvalue weighted by Gasteiger charge is 2.41. The molecule has 0 amide bonds. The Morgan fingerprint density at radius 1 is 1.20 bits per heavy atom. The van der Waals surface area contributed by atoms with Gasteiger partial charge in [0.1, 0.15) is 5.15 Å². The third kappa shape index (κ3) is 3.82. The quantitative estimate of drug-likeness (QED) is 0.463. The summed E-state index contributed by atoms with van der Waals surface area (Å²) in [5.41, 5.74) is -0.207. The van der Waals surface area contributed by atoms with Gasteiger partial charge in [-0.05, 0) is 54.5 Å². The molecule has 132 valence electrons. The van der Waals surface area contributed by atoms with Crippen molar-refractivity contribution in [1.82, 2.24) is 4.98 Å². The molecule has 1 saturated carbocycles. The van der Waals surface area contributed by atoms with Crippen molar-refractivity contribution >= 4 is 29.0 Å². The zero-order valence-electron chi connectivity index (χ0n) is 13.0. The van der Waals surface area contributed by atoms with E-state index in [1.807, 2.05) is 0 Å². The monoisotopic (exact) mass is 387 g/mol. The molecule has 25 heavy (non-hydrogen) atoms. The van der Waals surface area contributed by atoms with Crippen molar-refractivity contribution in [3.05, 3.63) is 63.4 Å². The van der Waals surface area contributed by atoms with Gasteiger partial charge in [-0.1, -0.05) is 29.3 Å². The fourth-order valence-electron chi connectivity index (χ4n) is 3.26. The number of carbonyl (C=O) groups excluding carboxylic acids is 1.